The number of para-hydroxylation sites is 2. The molecule has 1 aromatic carbocycles. The molecule has 0 radical (unpaired) electrons. The van der Waals surface area contributed by atoms with Gasteiger partial charge in [-0.25, -0.2) is 4.98 Å². The van der Waals surface area contributed by atoms with Crippen LogP contribution in [0, 0.1) is 0 Å². The molecule has 84 valence electrons. The van der Waals surface area contributed by atoms with Gasteiger partial charge in [0.05, 0.1) is 11.0 Å². The van der Waals surface area contributed by atoms with E-state index < -0.39 is 0 Å². The summed E-state index contributed by atoms with van der Waals surface area (Å²) >= 11 is 5.08. The molecule has 2 rings (SSSR count). The van der Waals surface area contributed by atoms with Crippen LogP contribution in [-0.4, -0.2) is 15.3 Å². The number of rotatable bonds is 4. The van der Waals surface area contributed by atoms with Crippen LogP contribution in [0.15, 0.2) is 40.5 Å². The topological polar surface area (TPSA) is 17.8 Å². The van der Waals surface area contributed by atoms with E-state index in [4.69, 9.17) is 0 Å². The lowest BCUT2D eigenvalue weighted by molar-refractivity contribution is 0.703. The van der Waals surface area contributed by atoms with Gasteiger partial charge in [-0.15, -0.1) is 0 Å². The molecule has 0 N–H and O–H groups in total. The quantitative estimate of drug-likeness (QED) is 0.792. The zero-order chi connectivity index (χ0) is 11.5. The molecule has 2 aromatic rings. The number of aryl methyl sites for hydroxylation is 1. The van der Waals surface area contributed by atoms with Crippen molar-refractivity contribution in [3.05, 3.63) is 35.3 Å². The molecule has 0 saturated carbocycles. The summed E-state index contributed by atoms with van der Waals surface area (Å²) in [7, 11) is 0. The van der Waals surface area contributed by atoms with E-state index in [0.29, 0.717) is 0 Å². The Morgan fingerprint density at radius 2 is 2.25 bits per heavy atom. The second-order valence-electron chi connectivity index (χ2n) is 3.43. The van der Waals surface area contributed by atoms with Gasteiger partial charge in [0, 0.05) is 12.3 Å². The molecule has 0 atom stereocenters. The number of halogens is 1. The molecule has 0 amide bonds. The molecule has 1 heterocycles. The molecule has 0 bridgehead atoms. The lowest BCUT2D eigenvalue weighted by atomic mass is 10.3. The van der Waals surface area contributed by atoms with Crippen molar-refractivity contribution in [2.45, 2.75) is 18.6 Å². The monoisotopic (exact) mass is 296 g/mol. The molecule has 0 aliphatic rings. The Hall–Kier alpha value is -0.740. The molecule has 0 aliphatic carbocycles. The molecule has 0 fully saturated rings. The highest BCUT2D eigenvalue weighted by Crippen LogP contribution is 2.26. The van der Waals surface area contributed by atoms with Gasteiger partial charge in [-0.1, -0.05) is 46.4 Å². The summed E-state index contributed by atoms with van der Waals surface area (Å²) < 4.78 is 3.22. The highest BCUT2D eigenvalue weighted by molar-refractivity contribution is 9.11. The number of fused-ring (bicyclic) bond motifs is 1. The SMILES string of the molecule is C=C(Br)CSc1nc2ccccc2n1CC. The van der Waals surface area contributed by atoms with Gasteiger partial charge < -0.3 is 4.57 Å². The van der Waals surface area contributed by atoms with Crippen LogP contribution in [0.25, 0.3) is 11.0 Å². The fourth-order valence-corrected chi connectivity index (χ4v) is 2.79. The van der Waals surface area contributed by atoms with E-state index in [2.05, 4.69) is 51.1 Å². The van der Waals surface area contributed by atoms with Crippen LogP contribution in [0.1, 0.15) is 6.92 Å². The van der Waals surface area contributed by atoms with Gasteiger partial charge in [0.25, 0.3) is 0 Å². The highest BCUT2D eigenvalue weighted by Gasteiger charge is 2.08. The summed E-state index contributed by atoms with van der Waals surface area (Å²) in [5, 5.41) is 1.06. The van der Waals surface area contributed by atoms with Crippen LogP contribution in [-0.2, 0) is 6.54 Å². The summed E-state index contributed by atoms with van der Waals surface area (Å²) in [6, 6.07) is 8.23. The van der Waals surface area contributed by atoms with Crippen molar-refractivity contribution in [1.29, 1.82) is 0 Å². The van der Waals surface area contributed by atoms with E-state index in [1.54, 1.807) is 11.8 Å². The molecule has 0 spiro atoms. The van der Waals surface area contributed by atoms with Gasteiger partial charge in [-0.05, 0) is 23.5 Å². The molecule has 4 heteroatoms. The fourth-order valence-electron chi connectivity index (χ4n) is 1.61. The van der Waals surface area contributed by atoms with E-state index in [1.165, 1.54) is 5.52 Å². The second kappa shape index (κ2) is 5.06. The van der Waals surface area contributed by atoms with Crippen molar-refractivity contribution in [3.8, 4) is 0 Å². The average molecular weight is 297 g/mol. The molecule has 0 aliphatic heterocycles. The molecule has 0 unspecified atom stereocenters. The van der Waals surface area contributed by atoms with Gasteiger partial charge in [0.2, 0.25) is 0 Å². The zero-order valence-electron chi connectivity index (χ0n) is 9.11. The first-order valence-corrected chi connectivity index (χ1v) is 6.91. The number of benzene rings is 1. The highest BCUT2D eigenvalue weighted by atomic mass is 79.9. The molecular formula is C12H13BrN2S. The van der Waals surface area contributed by atoms with Gasteiger partial charge in [0.15, 0.2) is 5.16 Å². The number of hydrogen-bond donors (Lipinski definition) is 0. The molecule has 0 saturated heterocycles. The van der Waals surface area contributed by atoms with Crippen LogP contribution < -0.4 is 0 Å². The summed E-state index contributed by atoms with van der Waals surface area (Å²) in [6.07, 6.45) is 0. The molecule has 2 nitrogen and oxygen atoms in total. The smallest absolute Gasteiger partial charge is 0.169 e. The molecule has 16 heavy (non-hydrogen) atoms. The predicted molar refractivity (Wildman–Crippen MR) is 74.2 cm³/mol. The van der Waals surface area contributed by atoms with Crippen LogP contribution in [0.3, 0.4) is 0 Å². The number of hydrogen-bond acceptors (Lipinski definition) is 2. The summed E-state index contributed by atoms with van der Waals surface area (Å²) in [4.78, 5) is 4.62. The fraction of sp³-hybridized carbons (Fsp3) is 0.250. The van der Waals surface area contributed by atoms with Crippen molar-refractivity contribution in [1.82, 2.24) is 9.55 Å². The van der Waals surface area contributed by atoms with Crippen molar-refractivity contribution < 1.29 is 0 Å². The number of aromatic nitrogens is 2. The lowest BCUT2D eigenvalue weighted by Gasteiger charge is -2.04. The Bertz CT molecular complexity index is 519. The van der Waals surface area contributed by atoms with E-state index in [1.807, 2.05) is 12.1 Å². The minimum atomic E-state index is 0.851. The Balaban J connectivity index is 2.40. The maximum atomic E-state index is 4.62. The van der Waals surface area contributed by atoms with Crippen molar-refractivity contribution in [2.75, 3.05) is 5.75 Å². The standard InChI is InChI=1S/C12H13BrN2S/c1-3-15-11-7-5-4-6-10(11)14-12(15)16-8-9(2)13/h4-7H,2-3,8H2,1H3. The van der Waals surface area contributed by atoms with Crippen molar-refractivity contribution >= 4 is 38.7 Å². The Labute approximate surface area is 108 Å². The van der Waals surface area contributed by atoms with E-state index in [9.17, 15) is 0 Å². The first-order chi connectivity index (χ1) is 7.72. The second-order valence-corrected chi connectivity index (χ2v) is 5.50. The summed E-state index contributed by atoms with van der Waals surface area (Å²) in [5.74, 6) is 0.851. The first kappa shape index (κ1) is 11.7. The largest absolute Gasteiger partial charge is 0.319 e. The van der Waals surface area contributed by atoms with Crippen LogP contribution in [0.4, 0.5) is 0 Å². The number of nitrogens with zero attached hydrogens (tertiary/aromatic N) is 2. The van der Waals surface area contributed by atoms with Gasteiger partial charge in [-0.2, -0.15) is 0 Å². The Morgan fingerprint density at radius 3 is 2.94 bits per heavy atom. The van der Waals surface area contributed by atoms with Crippen LogP contribution in [0.2, 0.25) is 0 Å². The predicted octanol–water partition coefficient (Wildman–Crippen LogP) is 4.06. The van der Waals surface area contributed by atoms with Crippen molar-refractivity contribution in [3.63, 3.8) is 0 Å². The Kier molecular flexibility index (Phi) is 3.71. The number of thioether (sulfide) groups is 1. The average Bonchev–Trinajstić information content (AvgIpc) is 2.63. The summed E-state index contributed by atoms with van der Waals surface area (Å²) in [5.41, 5.74) is 2.26. The lowest BCUT2D eigenvalue weighted by Crippen LogP contribution is -1.96. The normalized spacial score (nSPS) is 10.9. The van der Waals surface area contributed by atoms with Gasteiger partial charge >= 0.3 is 0 Å². The number of imidazole rings is 1. The minimum Gasteiger partial charge on any atom is -0.319 e. The molecular weight excluding hydrogens is 284 g/mol. The maximum absolute atomic E-state index is 4.62. The molecule has 1 aromatic heterocycles. The zero-order valence-corrected chi connectivity index (χ0v) is 11.5. The third-order valence-corrected chi connectivity index (χ3v) is 4.01. The third kappa shape index (κ3) is 2.33. The summed E-state index contributed by atoms with van der Waals surface area (Å²) in [6.45, 7) is 6.92. The first-order valence-electron chi connectivity index (χ1n) is 5.13. The third-order valence-electron chi connectivity index (χ3n) is 2.29. The van der Waals surface area contributed by atoms with Gasteiger partial charge in [-0.3, -0.25) is 0 Å². The van der Waals surface area contributed by atoms with E-state index in [-0.39, 0.29) is 0 Å². The minimum absolute atomic E-state index is 0.851. The van der Waals surface area contributed by atoms with E-state index >= 15 is 0 Å². The van der Waals surface area contributed by atoms with Crippen molar-refractivity contribution in [2.24, 2.45) is 0 Å². The van der Waals surface area contributed by atoms with Crippen LogP contribution in [0.5, 0.6) is 0 Å². The van der Waals surface area contributed by atoms with E-state index in [0.717, 1.165) is 27.5 Å². The van der Waals surface area contributed by atoms with Gasteiger partial charge in [0.1, 0.15) is 0 Å². The maximum Gasteiger partial charge on any atom is 0.169 e. The van der Waals surface area contributed by atoms with Crippen LogP contribution >= 0.6 is 27.7 Å². The Morgan fingerprint density at radius 1 is 1.50 bits per heavy atom.